The average molecular weight is 418 g/mol. The second-order valence-corrected chi connectivity index (χ2v) is 7.84. The van der Waals surface area contributed by atoms with E-state index in [4.69, 9.17) is 21.1 Å². The molecule has 0 N–H and O–H groups in total. The number of rotatable bonds is 9. The Balaban J connectivity index is 1.48. The zero-order chi connectivity index (χ0) is 19.9. The molecule has 3 aromatic rings. The van der Waals surface area contributed by atoms with Crippen molar-refractivity contribution in [3.05, 3.63) is 64.4 Å². The van der Waals surface area contributed by atoms with Crippen LogP contribution in [0, 0.1) is 6.92 Å². The molecule has 0 radical (unpaired) electrons. The lowest BCUT2D eigenvalue weighted by molar-refractivity contribution is 0.307. The van der Waals surface area contributed by atoms with Gasteiger partial charge in [-0.05, 0) is 54.8 Å². The molecule has 0 saturated heterocycles. The van der Waals surface area contributed by atoms with Crippen LogP contribution in [0.2, 0.25) is 5.02 Å². The normalized spacial score (nSPS) is 10.9. The number of nitrogens with zero attached hydrogens (tertiary/aromatic N) is 3. The van der Waals surface area contributed by atoms with Gasteiger partial charge in [-0.1, -0.05) is 35.5 Å². The molecule has 5 nitrogen and oxygen atoms in total. The first-order valence-corrected chi connectivity index (χ1v) is 10.5. The summed E-state index contributed by atoms with van der Waals surface area (Å²) >= 11 is 7.65. The predicted octanol–water partition coefficient (Wildman–Crippen LogP) is 5.09. The summed E-state index contributed by atoms with van der Waals surface area (Å²) in [5.74, 6) is 3.52. The van der Waals surface area contributed by atoms with E-state index in [2.05, 4.69) is 20.8 Å². The average Bonchev–Trinajstić information content (AvgIpc) is 3.05. The van der Waals surface area contributed by atoms with Crippen LogP contribution in [0.25, 0.3) is 0 Å². The van der Waals surface area contributed by atoms with Gasteiger partial charge >= 0.3 is 0 Å². The first-order chi connectivity index (χ1) is 13.6. The molecule has 0 bridgehead atoms. The summed E-state index contributed by atoms with van der Waals surface area (Å²) in [7, 11) is 3.69. The third-order valence-electron chi connectivity index (χ3n) is 4.37. The number of ether oxygens (including phenoxy) is 2. The summed E-state index contributed by atoms with van der Waals surface area (Å²) in [4.78, 5) is 0. The molecule has 0 spiro atoms. The summed E-state index contributed by atoms with van der Waals surface area (Å²) in [5, 5.41) is 10.3. The van der Waals surface area contributed by atoms with Crippen LogP contribution in [0.5, 0.6) is 11.5 Å². The van der Waals surface area contributed by atoms with Gasteiger partial charge in [-0.3, -0.25) is 0 Å². The number of benzene rings is 2. The molecule has 7 heteroatoms. The number of methoxy groups -OCH3 is 1. The standard InChI is InChI=1S/C21H24ClN3O2S/c1-15-12-17(22)9-10-19(15)27-11-5-8-20-23-24-21(25(20)2)28-14-16-6-4-7-18(13-16)26-3/h4,6-7,9-10,12-13H,5,8,11,14H2,1-3H3. The maximum absolute atomic E-state index is 5.98. The van der Waals surface area contributed by atoms with Gasteiger partial charge in [-0.2, -0.15) is 0 Å². The van der Waals surface area contributed by atoms with E-state index >= 15 is 0 Å². The molecule has 0 aliphatic heterocycles. The van der Waals surface area contributed by atoms with Crippen LogP contribution in [0.15, 0.2) is 47.6 Å². The molecular formula is C21H24ClN3O2S. The fourth-order valence-corrected chi connectivity index (χ4v) is 3.89. The van der Waals surface area contributed by atoms with Crippen LogP contribution in [0.3, 0.4) is 0 Å². The van der Waals surface area contributed by atoms with Crippen molar-refractivity contribution in [2.45, 2.75) is 30.7 Å². The maximum Gasteiger partial charge on any atom is 0.191 e. The van der Waals surface area contributed by atoms with Gasteiger partial charge < -0.3 is 14.0 Å². The number of aryl methyl sites for hydroxylation is 2. The zero-order valence-corrected chi connectivity index (χ0v) is 17.9. The van der Waals surface area contributed by atoms with Crippen molar-refractivity contribution in [3.8, 4) is 11.5 Å². The van der Waals surface area contributed by atoms with Crippen LogP contribution in [0.4, 0.5) is 0 Å². The predicted molar refractivity (Wildman–Crippen MR) is 114 cm³/mol. The van der Waals surface area contributed by atoms with E-state index in [1.54, 1.807) is 18.9 Å². The third-order valence-corrected chi connectivity index (χ3v) is 5.69. The van der Waals surface area contributed by atoms with Crippen LogP contribution < -0.4 is 9.47 Å². The van der Waals surface area contributed by atoms with Gasteiger partial charge in [-0.25, -0.2) is 0 Å². The van der Waals surface area contributed by atoms with E-state index in [-0.39, 0.29) is 0 Å². The Morgan fingerprint density at radius 3 is 2.79 bits per heavy atom. The Morgan fingerprint density at radius 2 is 2.00 bits per heavy atom. The SMILES string of the molecule is COc1cccc(CSc2nnc(CCCOc3ccc(Cl)cc3C)n2C)c1. The Labute approximate surface area is 175 Å². The topological polar surface area (TPSA) is 49.2 Å². The summed E-state index contributed by atoms with van der Waals surface area (Å²) in [6, 6.07) is 13.7. The van der Waals surface area contributed by atoms with Crippen molar-refractivity contribution in [1.82, 2.24) is 14.8 Å². The quantitative estimate of drug-likeness (QED) is 0.358. The fourth-order valence-electron chi connectivity index (χ4n) is 2.79. The smallest absolute Gasteiger partial charge is 0.191 e. The van der Waals surface area contributed by atoms with E-state index in [9.17, 15) is 0 Å². The van der Waals surface area contributed by atoms with Crippen LogP contribution in [-0.2, 0) is 19.2 Å². The Bertz CT molecular complexity index is 930. The van der Waals surface area contributed by atoms with Crippen molar-refractivity contribution in [3.63, 3.8) is 0 Å². The Morgan fingerprint density at radius 1 is 1.14 bits per heavy atom. The van der Waals surface area contributed by atoms with Gasteiger partial charge in [0.2, 0.25) is 0 Å². The van der Waals surface area contributed by atoms with Crippen LogP contribution in [0.1, 0.15) is 23.4 Å². The molecule has 2 aromatic carbocycles. The molecule has 148 valence electrons. The van der Waals surface area contributed by atoms with Crippen molar-refractivity contribution < 1.29 is 9.47 Å². The molecule has 0 aliphatic carbocycles. The molecule has 28 heavy (non-hydrogen) atoms. The van der Waals surface area contributed by atoms with Gasteiger partial charge in [0, 0.05) is 24.2 Å². The lowest BCUT2D eigenvalue weighted by Gasteiger charge is -2.09. The molecule has 1 aromatic heterocycles. The number of aromatic nitrogens is 3. The van der Waals surface area contributed by atoms with Crippen LogP contribution in [-0.4, -0.2) is 28.5 Å². The summed E-state index contributed by atoms with van der Waals surface area (Å²) in [5.41, 5.74) is 2.24. The molecular weight excluding hydrogens is 394 g/mol. The minimum absolute atomic E-state index is 0.627. The monoisotopic (exact) mass is 417 g/mol. The fraction of sp³-hybridized carbons (Fsp3) is 0.333. The maximum atomic E-state index is 5.98. The van der Waals surface area contributed by atoms with Gasteiger partial charge in [-0.15, -0.1) is 10.2 Å². The molecule has 0 atom stereocenters. The van der Waals surface area contributed by atoms with Crippen LogP contribution >= 0.6 is 23.4 Å². The van der Waals surface area contributed by atoms with Crippen molar-refractivity contribution in [2.24, 2.45) is 7.05 Å². The largest absolute Gasteiger partial charge is 0.497 e. The molecule has 0 aliphatic rings. The lowest BCUT2D eigenvalue weighted by atomic mass is 10.2. The Hall–Kier alpha value is -2.18. The summed E-state index contributed by atoms with van der Waals surface area (Å²) in [6.45, 7) is 2.62. The van der Waals surface area contributed by atoms with E-state index in [0.29, 0.717) is 6.61 Å². The van der Waals surface area contributed by atoms with Gasteiger partial charge in [0.05, 0.1) is 13.7 Å². The van der Waals surface area contributed by atoms with Gasteiger partial charge in [0.1, 0.15) is 17.3 Å². The number of hydrogen-bond acceptors (Lipinski definition) is 5. The number of thioether (sulfide) groups is 1. The highest BCUT2D eigenvalue weighted by Gasteiger charge is 2.10. The first kappa shape index (κ1) is 20.6. The van der Waals surface area contributed by atoms with Crippen molar-refractivity contribution in [1.29, 1.82) is 0 Å². The number of halogens is 1. The van der Waals surface area contributed by atoms with Gasteiger partial charge in [0.15, 0.2) is 5.16 Å². The molecule has 1 heterocycles. The molecule has 0 unspecified atom stereocenters. The highest BCUT2D eigenvalue weighted by Crippen LogP contribution is 2.24. The Kier molecular flexibility index (Phi) is 7.23. The van der Waals surface area contributed by atoms with E-state index in [0.717, 1.165) is 51.7 Å². The molecule has 0 fully saturated rings. The van der Waals surface area contributed by atoms with E-state index in [1.807, 2.05) is 50.4 Å². The van der Waals surface area contributed by atoms with E-state index < -0.39 is 0 Å². The van der Waals surface area contributed by atoms with E-state index in [1.165, 1.54) is 5.56 Å². The highest BCUT2D eigenvalue weighted by molar-refractivity contribution is 7.98. The summed E-state index contributed by atoms with van der Waals surface area (Å²) < 4.78 is 13.2. The first-order valence-electron chi connectivity index (χ1n) is 9.10. The summed E-state index contributed by atoms with van der Waals surface area (Å²) in [6.07, 6.45) is 1.68. The number of hydrogen-bond donors (Lipinski definition) is 0. The molecule has 3 rings (SSSR count). The second-order valence-electron chi connectivity index (χ2n) is 6.46. The third kappa shape index (κ3) is 5.42. The lowest BCUT2D eigenvalue weighted by Crippen LogP contribution is -2.04. The van der Waals surface area contributed by atoms with Crippen molar-refractivity contribution >= 4 is 23.4 Å². The van der Waals surface area contributed by atoms with Gasteiger partial charge in [0.25, 0.3) is 0 Å². The minimum Gasteiger partial charge on any atom is -0.497 e. The zero-order valence-electron chi connectivity index (χ0n) is 16.3. The molecule has 0 saturated carbocycles. The minimum atomic E-state index is 0.627. The van der Waals surface area contributed by atoms with Crippen molar-refractivity contribution in [2.75, 3.05) is 13.7 Å². The second kappa shape index (κ2) is 9.85. The molecule has 0 amide bonds. The highest BCUT2D eigenvalue weighted by atomic mass is 35.5.